The fraction of sp³-hybridized carbons (Fsp3) is 0.889. The summed E-state index contributed by atoms with van der Waals surface area (Å²) in [6.45, 7) is 0.217. The smallest absolute Gasteiger partial charge is 0.320 e. The molecule has 0 spiro atoms. The van der Waals surface area contributed by atoms with E-state index in [4.69, 9.17) is 5.11 Å². The first-order valence-electron chi connectivity index (χ1n) is 4.86. The van der Waals surface area contributed by atoms with E-state index in [0.717, 1.165) is 0 Å². The summed E-state index contributed by atoms with van der Waals surface area (Å²) in [6.07, 6.45) is 0.729. The lowest BCUT2D eigenvalue weighted by atomic mass is 9.99. The Bertz CT molecular complexity index is 257. The van der Waals surface area contributed by atoms with Crippen LogP contribution in [-0.4, -0.2) is 40.5 Å². The van der Waals surface area contributed by atoms with Gasteiger partial charge in [-0.1, -0.05) is 0 Å². The number of hydrogen-bond acceptors (Lipinski definition) is 2. The molecule has 14 heavy (non-hydrogen) atoms. The molecule has 2 rings (SSSR count). The summed E-state index contributed by atoms with van der Waals surface area (Å²) in [5.41, 5.74) is 0. The summed E-state index contributed by atoms with van der Waals surface area (Å²) >= 11 is 0. The zero-order valence-corrected chi connectivity index (χ0v) is 7.75. The van der Waals surface area contributed by atoms with E-state index in [2.05, 4.69) is 0 Å². The van der Waals surface area contributed by atoms with Crippen LogP contribution in [-0.2, 0) is 4.79 Å². The number of alkyl halides is 2. The molecule has 2 aliphatic rings. The highest BCUT2D eigenvalue weighted by atomic mass is 19.3. The van der Waals surface area contributed by atoms with Crippen LogP contribution in [0.1, 0.15) is 25.7 Å². The minimum Gasteiger partial charge on any atom is -0.480 e. The molecule has 2 atom stereocenters. The van der Waals surface area contributed by atoms with Crippen molar-refractivity contribution in [3.8, 4) is 0 Å². The van der Waals surface area contributed by atoms with Gasteiger partial charge in [0, 0.05) is 25.4 Å². The van der Waals surface area contributed by atoms with E-state index >= 15 is 0 Å². The lowest BCUT2D eigenvalue weighted by molar-refractivity contribution is -0.145. The highest BCUT2D eigenvalue weighted by molar-refractivity contribution is 5.74. The average molecular weight is 205 g/mol. The zero-order valence-electron chi connectivity index (χ0n) is 7.75. The maximum absolute atomic E-state index is 13.0. The number of hydrogen-bond donors (Lipinski definition) is 1. The third-order valence-electron chi connectivity index (χ3n) is 3.20. The Morgan fingerprint density at radius 3 is 2.79 bits per heavy atom. The van der Waals surface area contributed by atoms with Crippen molar-refractivity contribution in [2.24, 2.45) is 0 Å². The highest BCUT2D eigenvalue weighted by Gasteiger charge is 2.47. The van der Waals surface area contributed by atoms with E-state index in [1.807, 2.05) is 0 Å². The number of nitrogens with zero attached hydrogens (tertiary/aromatic N) is 1. The zero-order chi connectivity index (χ0) is 10.3. The van der Waals surface area contributed by atoms with Gasteiger partial charge >= 0.3 is 5.97 Å². The van der Waals surface area contributed by atoms with E-state index in [1.54, 1.807) is 4.90 Å². The van der Waals surface area contributed by atoms with Crippen LogP contribution in [0.25, 0.3) is 0 Å². The van der Waals surface area contributed by atoms with Gasteiger partial charge in [0.2, 0.25) is 0 Å². The third-order valence-corrected chi connectivity index (χ3v) is 3.20. The summed E-state index contributed by atoms with van der Waals surface area (Å²) in [7, 11) is 0. The quantitative estimate of drug-likeness (QED) is 0.702. The Hall–Kier alpha value is -0.710. The minimum atomic E-state index is -2.59. The summed E-state index contributed by atoms with van der Waals surface area (Å²) < 4.78 is 26.0. The molecule has 1 N–H and O–H groups in total. The molecule has 0 aromatic heterocycles. The van der Waals surface area contributed by atoms with Gasteiger partial charge in [-0.3, -0.25) is 9.69 Å². The molecule has 80 valence electrons. The van der Waals surface area contributed by atoms with Crippen LogP contribution in [0.2, 0.25) is 0 Å². The fourth-order valence-corrected chi connectivity index (χ4v) is 2.50. The Kier molecular flexibility index (Phi) is 2.21. The first-order chi connectivity index (χ1) is 6.49. The second-order valence-corrected chi connectivity index (χ2v) is 4.13. The lowest BCUT2D eigenvalue weighted by Crippen LogP contribution is -2.48. The minimum absolute atomic E-state index is 0.170. The molecular weight excluding hydrogens is 192 g/mol. The van der Waals surface area contributed by atoms with Crippen LogP contribution in [0.15, 0.2) is 0 Å². The Balaban J connectivity index is 2.07. The van der Waals surface area contributed by atoms with Gasteiger partial charge in [0.15, 0.2) is 0 Å². The Morgan fingerprint density at radius 2 is 2.14 bits per heavy atom. The molecule has 0 saturated carbocycles. The molecule has 0 aromatic rings. The number of fused-ring (bicyclic) bond motifs is 1. The van der Waals surface area contributed by atoms with Gasteiger partial charge in [-0.25, -0.2) is 8.78 Å². The molecule has 1 unspecified atom stereocenters. The molecule has 0 radical (unpaired) electrons. The molecule has 2 heterocycles. The van der Waals surface area contributed by atoms with Gasteiger partial charge in [-0.15, -0.1) is 0 Å². The first kappa shape index (κ1) is 9.83. The average Bonchev–Trinajstić information content (AvgIpc) is 2.44. The predicted molar refractivity (Wildman–Crippen MR) is 45.3 cm³/mol. The van der Waals surface area contributed by atoms with Crippen molar-refractivity contribution in [3.05, 3.63) is 0 Å². The van der Waals surface area contributed by atoms with Gasteiger partial charge in [-0.05, 0) is 12.8 Å². The van der Waals surface area contributed by atoms with Crippen LogP contribution in [0.3, 0.4) is 0 Å². The Labute approximate surface area is 80.7 Å². The third kappa shape index (κ3) is 1.61. The largest absolute Gasteiger partial charge is 0.480 e. The lowest BCUT2D eigenvalue weighted by Gasteiger charge is -2.36. The van der Waals surface area contributed by atoms with Gasteiger partial charge in [0.05, 0.1) is 0 Å². The standard InChI is InChI=1S/C9H13F2NO2/c10-9(11)3-4-12-6(5-9)1-2-7(12)8(13)14/h6-7H,1-5H2,(H,13,14)/t6?,7-/m0/s1. The van der Waals surface area contributed by atoms with Crippen molar-refractivity contribution in [2.75, 3.05) is 6.54 Å². The maximum Gasteiger partial charge on any atom is 0.320 e. The van der Waals surface area contributed by atoms with Crippen LogP contribution in [0.5, 0.6) is 0 Å². The van der Waals surface area contributed by atoms with E-state index in [-0.39, 0.29) is 25.4 Å². The summed E-state index contributed by atoms with van der Waals surface area (Å²) in [6, 6.07) is -0.754. The number of carboxylic acid groups (broad SMARTS) is 1. The monoisotopic (exact) mass is 205 g/mol. The van der Waals surface area contributed by atoms with Gasteiger partial charge in [0.25, 0.3) is 5.92 Å². The van der Waals surface area contributed by atoms with E-state index in [0.29, 0.717) is 12.8 Å². The summed E-state index contributed by atoms with van der Waals surface area (Å²) in [5.74, 6) is -3.47. The molecule has 0 aromatic carbocycles. The second-order valence-electron chi connectivity index (χ2n) is 4.13. The summed E-state index contributed by atoms with van der Waals surface area (Å²) in [4.78, 5) is 12.5. The van der Waals surface area contributed by atoms with Crippen molar-refractivity contribution in [1.82, 2.24) is 4.90 Å². The summed E-state index contributed by atoms with van der Waals surface area (Å²) in [5, 5.41) is 8.85. The van der Waals surface area contributed by atoms with Crippen molar-refractivity contribution >= 4 is 5.97 Å². The molecule has 2 saturated heterocycles. The van der Waals surface area contributed by atoms with Gasteiger partial charge in [0.1, 0.15) is 6.04 Å². The maximum atomic E-state index is 13.0. The van der Waals surface area contributed by atoms with E-state index in [1.165, 1.54) is 0 Å². The Morgan fingerprint density at radius 1 is 1.43 bits per heavy atom. The molecule has 0 aliphatic carbocycles. The fourth-order valence-electron chi connectivity index (χ4n) is 2.50. The van der Waals surface area contributed by atoms with Crippen molar-refractivity contribution < 1.29 is 18.7 Å². The molecule has 2 aliphatic heterocycles. The topological polar surface area (TPSA) is 40.5 Å². The molecule has 3 nitrogen and oxygen atoms in total. The van der Waals surface area contributed by atoms with E-state index < -0.39 is 17.9 Å². The van der Waals surface area contributed by atoms with Gasteiger partial charge in [-0.2, -0.15) is 0 Å². The second kappa shape index (κ2) is 3.15. The number of carbonyl (C=O) groups is 1. The number of halogens is 2. The van der Waals surface area contributed by atoms with Crippen molar-refractivity contribution in [1.29, 1.82) is 0 Å². The molecule has 5 heteroatoms. The van der Waals surface area contributed by atoms with Gasteiger partial charge < -0.3 is 5.11 Å². The van der Waals surface area contributed by atoms with E-state index in [9.17, 15) is 13.6 Å². The normalized spacial score (nSPS) is 36.7. The highest BCUT2D eigenvalue weighted by Crippen LogP contribution is 2.38. The van der Waals surface area contributed by atoms with Crippen LogP contribution < -0.4 is 0 Å². The SMILES string of the molecule is O=C(O)[C@@H]1CCC2CC(F)(F)CCN21. The molecular formula is C9H13F2NO2. The van der Waals surface area contributed by atoms with Crippen molar-refractivity contribution in [3.63, 3.8) is 0 Å². The van der Waals surface area contributed by atoms with Crippen LogP contribution in [0, 0.1) is 0 Å². The molecule has 0 amide bonds. The number of rotatable bonds is 1. The first-order valence-corrected chi connectivity index (χ1v) is 4.86. The predicted octanol–water partition coefficient (Wildman–Crippen LogP) is 1.33. The number of carboxylic acids is 1. The number of piperidine rings is 1. The molecule has 2 fully saturated rings. The number of aliphatic carboxylic acids is 1. The van der Waals surface area contributed by atoms with Crippen LogP contribution >= 0.6 is 0 Å². The van der Waals surface area contributed by atoms with Crippen LogP contribution in [0.4, 0.5) is 8.78 Å². The molecule has 0 bridgehead atoms. The van der Waals surface area contributed by atoms with Crippen molar-refractivity contribution in [2.45, 2.75) is 43.7 Å².